The smallest absolute Gasteiger partial charge is 0.233 e. The number of hydrogen-bond acceptors (Lipinski definition) is 3. The molecule has 1 heterocycles. The second-order valence-corrected chi connectivity index (χ2v) is 9.03. The molecule has 1 aliphatic rings. The predicted octanol–water partition coefficient (Wildman–Crippen LogP) is 4.69. The van der Waals surface area contributed by atoms with Crippen molar-refractivity contribution >= 4 is 29.3 Å². The molecule has 1 N–H and O–H groups in total. The highest BCUT2D eigenvalue weighted by atomic mass is 35.5. The van der Waals surface area contributed by atoms with E-state index in [1.54, 1.807) is 11.8 Å². The van der Waals surface area contributed by atoms with Crippen molar-refractivity contribution in [2.45, 2.75) is 50.2 Å². The highest BCUT2D eigenvalue weighted by Gasteiger charge is 2.21. The van der Waals surface area contributed by atoms with E-state index >= 15 is 0 Å². The second-order valence-electron chi connectivity index (χ2n) is 7.32. The number of amides is 1. The van der Waals surface area contributed by atoms with Gasteiger partial charge in [-0.3, -0.25) is 4.79 Å². The van der Waals surface area contributed by atoms with E-state index < -0.39 is 0 Å². The summed E-state index contributed by atoms with van der Waals surface area (Å²) in [4.78, 5) is 16.1. The van der Waals surface area contributed by atoms with Gasteiger partial charge in [-0.1, -0.05) is 32.4 Å². The lowest BCUT2D eigenvalue weighted by Crippen LogP contribution is -2.40. The summed E-state index contributed by atoms with van der Waals surface area (Å²) in [7, 11) is 0. The van der Waals surface area contributed by atoms with E-state index in [0.717, 1.165) is 47.7 Å². The standard InChI is InChI=1S/C20H31ClN2OS/c1-4-19(25-18-8-6-17(21)7-9-18)20(24)22-10-5-11-23-13-15(2)12-16(3)14-23/h6-9,15-16,19H,4-5,10-14H2,1-3H3,(H,22,24). The SMILES string of the molecule is CCC(Sc1ccc(Cl)cc1)C(=O)NCCCN1CC(C)CC(C)C1. The van der Waals surface area contributed by atoms with Crippen molar-refractivity contribution in [3.05, 3.63) is 29.3 Å². The molecule has 1 saturated heterocycles. The van der Waals surface area contributed by atoms with Crippen LogP contribution < -0.4 is 5.32 Å². The van der Waals surface area contributed by atoms with Gasteiger partial charge in [0.15, 0.2) is 0 Å². The fourth-order valence-corrected chi connectivity index (χ4v) is 4.71. The van der Waals surface area contributed by atoms with E-state index in [-0.39, 0.29) is 11.2 Å². The Labute approximate surface area is 161 Å². The van der Waals surface area contributed by atoms with E-state index in [1.165, 1.54) is 19.5 Å². The van der Waals surface area contributed by atoms with Crippen LogP contribution in [0.1, 0.15) is 40.0 Å². The first kappa shape index (κ1) is 20.6. The van der Waals surface area contributed by atoms with Gasteiger partial charge in [0, 0.05) is 29.6 Å². The Morgan fingerprint density at radius 3 is 2.52 bits per heavy atom. The second kappa shape index (κ2) is 10.4. The van der Waals surface area contributed by atoms with Crippen LogP contribution in [-0.2, 0) is 4.79 Å². The summed E-state index contributed by atoms with van der Waals surface area (Å²) < 4.78 is 0. The number of carbonyl (C=O) groups is 1. The summed E-state index contributed by atoms with van der Waals surface area (Å²) in [5.74, 6) is 1.72. The van der Waals surface area contributed by atoms with E-state index in [0.29, 0.717) is 0 Å². The molecule has 25 heavy (non-hydrogen) atoms. The van der Waals surface area contributed by atoms with Gasteiger partial charge in [-0.25, -0.2) is 0 Å². The number of nitrogens with one attached hydrogen (secondary N) is 1. The first-order valence-electron chi connectivity index (χ1n) is 9.40. The molecule has 1 aliphatic heterocycles. The molecule has 3 nitrogen and oxygen atoms in total. The maximum Gasteiger partial charge on any atom is 0.233 e. The molecule has 3 atom stereocenters. The fourth-order valence-electron chi connectivity index (χ4n) is 3.60. The van der Waals surface area contributed by atoms with Crippen molar-refractivity contribution in [3.63, 3.8) is 0 Å². The molecule has 1 fully saturated rings. The highest BCUT2D eigenvalue weighted by Crippen LogP contribution is 2.26. The molecule has 0 saturated carbocycles. The molecule has 0 radical (unpaired) electrons. The van der Waals surface area contributed by atoms with Crippen LogP contribution in [0.3, 0.4) is 0 Å². The topological polar surface area (TPSA) is 32.3 Å². The summed E-state index contributed by atoms with van der Waals surface area (Å²) in [6.07, 6.45) is 3.18. The monoisotopic (exact) mass is 382 g/mol. The minimum Gasteiger partial charge on any atom is -0.355 e. The zero-order chi connectivity index (χ0) is 18.2. The molecule has 2 rings (SSSR count). The van der Waals surface area contributed by atoms with Gasteiger partial charge in [-0.05, 0) is 61.9 Å². The van der Waals surface area contributed by atoms with E-state index in [1.807, 2.05) is 24.3 Å². The quantitative estimate of drug-likeness (QED) is 0.522. The van der Waals surface area contributed by atoms with Crippen LogP contribution in [0.15, 0.2) is 29.2 Å². The predicted molar refractivity (Wildman–Crippen MR) is 108 cm³/mol. The normalized spacial score (nSPS) is 22.6. The first-order chi connectivity index (χ1) is 12.0. The molecular weight excluding hydrogens is 352 g/mol. The number of piperidine rings is 1. The van der Waals surface area contributed by atoms with Gasteiger partial charge >= 0.3 is 0 Å². The summed E-state index contributed by atoms with van der Waals surface area (Å²) >= 11 is 7.53. The molecule has 1 amide bonds. The van der Waals surface area contributed by atoms with E-state index in [4.69, 9.17) is 11.6 Å². The average Bonchev–Trinajstić information content (AvgIpc) is 2.57. The Morgan fingerprint density at radius 2 is 1.92 bits per heavy atom. The lowest BCUT2D eigenvalue weighted by atomic mass is 9.92. The Hall–Kier alpha value is -0.710. The van der Waals surface area contributed by atoms with Crippen molar-refractivity contribution in [2.75, 3.05) is 26.2 Å². The summed E-state index contributed by atoms with van der Waals surface area (Å²) in [5, 5.41) is 3.79. The Bertz CT molecular complexity index is 527. The van der Waals surface area contributed by atoms with Crippen LogP contribution >= 0.6 is 23.4 Å². The molecule has 0 aliphatic carbocycles. The molecule has 5 heteroatoms. The van der Waals surface area contributed by atoms with E-state index in [9.17, 15) is 4.79 Å². The number of benzene rings is 1. The van der Waals surface area contributed by atoms with Crippen molar-refractivity contribution in [3.8, 4) is 0 Å². The van der Waals surface area contributed by atoms with Gasteiger partial charge < -0.3 is 10.2 Å². The molecular formula is C20H31ClN2OS. The zero-order valence-electron chi connectivity index (χ0n) is 15.6. The number of nitrogens with zero attached hydrogens (tertiary/aromatic N) is 1. The van der Waals surface area contributed by atoms with Crippen LogP contribution in [0.4, 0.5) is 0 Å². The van der Waals surface area contributed by atoms with Crippen molar-refractivity contribution in [1.29, 1.82) is 0 Å². The molecule has 1 aromatic rings. The fraction of sp³-hybridized carbons (Fsp3) is 0.650. The molecule has 0 aromatic heterocycles. The van der Waals surface area contributed by atoms with Gasteiger partial charge in [0.05, 0.1) is 5.25 Å². The van der Waals surface area contributed by atoms with Crippen LogP contribution in [0.5, 0.6) is 0 Å². The highest BCUT2D eigenvalue weighted by molar-refractivity contribution is 8.00. The molecule has 3 unspecified atom stereocenters. The summed E-state index contributed by atoms with van der Waals surface area (Å²) in [6.45, 7) is 11.0. The first-order valence-corrected chi connectivity index (χ1v) is 10.7. The Balaban J connectivity index is 1.70. The van der Waals surface area contributed by atoms with E-state index in [2.05, 4.69) is 31.0 Å². The average molecular weight is 383 g/mol. The number of hydrogen-bond donors (Lipinski definition) is 1. The van der Waals surface area contributed by atoms with Crippen LogP contribution in [0.25, 0.3) is 0 Å². The Morgan fingerprint density at radius 1 is 1.28 bits per heavy atom. The Kier molecular flexibility index (Phi) is 8.60. The number of halogens is 1. The third kappa shape index (κ3) is 7.20. The zero-order valence-corrected chi connectivity index (χ0v) is 17.2. The van der Waals surface area contributed by atoms with Gasteiger partial charge in [0.1, 0.15) is 0 Å². The summed E-state index contributed by atoms with van der Waals surface area (Å²) in [6, 6.07) is 7.69. The molecule has 1 aromatic carbocycles. The van der Waals surface area contributed by atoms with Crippen molar-refractivity contribution < 1.29 is 4.79 Å². The minimum absolute atomic E-state index is 0.0452. The van der Waals surface area contributed by atoms with Crippen LogP contribution in [0, 0.1) is 11.8 Å². The lowest BCUT2D eigenvalue weighted by Gasteiger charge is -2.35. The third-order valence-electron chi connectivity index (χ3n) is 4.65. The van der Waals surface area contributed by atoms with Crippen molar-refractivity contribution in [1.82, 2.24) is 10.2 Å². The molecule has 0 spiro atoms. The van der Waals surface area contributed by atoms with Crippen LogP contribution in [-0.4, -0.2) is 42.2 Å². The largest absolute Gasteiger partial charge is 0.355 e. The molecule has 140 valence electrons. The van der Waals surface area contributed by atoms with Gasteiger partial charge in [-0.15, -0.1) is 11.8 Å². The van der Waals surface area contributed by atoms with Crippen LogP contribution in [0.2, 0.25) is 5.02 Å². The number of thioether (sulfide) groups is 1. The number of rotatable bonds is 8. The third-order valence-corrected chi connectivity index (χ3v) is 6.28. The van der Waals surface area contributed by atoms with Gasteiger partial charge in [0.2, 0.25) is 5.91 Å². The maximum absolute atomic E-state index is 12.4. The number of carbonyl (C=O) groups excluding carboxylic acids is 1. The van der Waals surface area contributed by atoms with Gasteiger partial charge in [0.25, 0.3) is 0 Å². The lowest BCUT2D eigenvalue weighted by molar-refractivity contribution is -0.120. The maximum atomic E-state index is 12.4. The summed E-state index contributed by atoms with van der Waals surface area (Å²) in [5.41, 5.74) is 0. The van der Waals surface area contributed by atoms with Gasteiger partial charge in [-0.2, -0.15) is 0 Å². The molecule has 0 bridgehead atoms. The number of likely N-dealkylation sites (tertiary alicyclic amines) is 1. The minimum atomic E-state index is -0.0452. The van der Waals surface area contributed by atoms with Crippen molar-refractivity contribution in [2.24, 2.45) is 11.8 Å².